The van der Waals surface area contributed by atoms with Gasteiger partial charge >= 0.3 is 0 Å². The third-order valence-electron chi connectivity index (χ3n) is 8.08. The Morgan fingerprint density at radius 2 is 1.71 bits per heavy atom. The summed E-state index contributed by atoms with van der Waals surface area (Å²) in [5.74, 6) is 0.946. The smallest absolute Gasteiger partial charge is 0.138 e. The molecule has 0 aliphatic heterocycles. The maximum absolute atomic E-state index is 14.6. The number of hydrogen-bond acceptors (Lipinski definition) is 5. The molecule has 0 bridgehead atoms. The van der Waals surface area contributed by atoms with E-state index >= 15 is 0 Å². The quantitative estimate of drug-likeness (QED) is 0.149. The maximum Gasteiger partial charge on any atom is 0.138 e. The van der Waals surface area contributed by atoms with E-state index in [1.54, 1.807) is 30.6 Å². The number of imidazole rings is 1. The van der Waals surface area contributed by atoms with E-state index in [0.29, 0.717) is 39.1 Å². The van der Waals surface area contributed by atoms with Crippen LogP contribution in [0, 0.1) is 11.7 Å². The second kappa shape index (κ2) is 15.8. The zero-order valence-electron chi connectivity index (χ0n) is 27.0. The second-order valence-corrected chi connectivity index (χ2v) is 11.2. The molecule has 1 fully saturated rings. The van der Waals surface area contributed by atoms with Crippen LogP contribution < -0.4 is 10.6 Å². The summed E-state index contributed by atoms with van der Waals surface area (Å²) in [7, 11) is 1.84. The highest BCUT2D eigenvalue weighted by Crippen LogP contribution is 2.32. The summed E-state index contributed by atoms with van der Waals surface area (Å²) in [6.45, 7) is 18.9. The van der Waals surface area contributed by atoms with Crippen molar-refractivity contribution in [3.63, 3.8) is 0 Å². The number of anilines is 1. The molecule has 3 heterocycles. The molecular formula is C38H45FN6. The van der Waals surface area contributed by atoms with Gasteiger partial charge in [-0.15, -0.1) is 0 Å². The van der Waals surface area contributed by atoms with E-state index in [0.717, 1.165) is 40.6 Å². The number of hydrogen-bond donors (Lipinski definition) is 3. The lowest BCUT2D eigenvalue weighted by Gasteiger charge is -2.23. The largest absolute Gasteiger partial charge is 0.388 e. The van der Waals surface area contributed by atoms with E-state index in [2.05, 4.69) is 58.3 Å². The number of pyridine rings is 2. The van der Waals surface area contributed by atoms with E-state index in [1.165, 1.54) is 38.2 Å². The fourth-order valence-corrected chi connectivity index (χ4v) is 5.62. The number of likely N-dealkylation sites (N-methyl/N-ethyl adjacent to an activating group) is 1. The number of fused-ring (bicyclic) bond motifs is 1. The topological polar surface area (TPSA) is 78.5 Å². The first-order valence-corrected chi connectivity index (χ1v) is 15.8. The molecule has 6 nitrogen and oxygen atoms in total. The van der Waals surface area contributed by atoms with Crippen LogP contribution in [0.15, 0.2) is 104 Å². The van der Waals surface area contributed by atoms with Crippen LogP contribution in [-0.4, -0.2) is 27.0 Å². The van der Waals surface area contributed by atoms with Crippen LogP contribution in [0.1, 0.15) is 70.7 Å². The van der Waals surface area contributed by atoms with E-state index in [-0.39, 0.29) is 5.82 Å². The van der Waals surface area contributed by atoms with Crippen molar-refractivity contribution >= 4 is 27.9 Å². The molecule has 0 radical (unpaired) electrons. The van der Waals surface area contributed by atoms with Gasteiger partial charge in [0.2, 0.25) is 0 Å². The van der Waals surface area contributed by atoms with Crippen molar-refractivity contribution in [1.29, 1.82) is 0 Å². The van der Waals surface area contributed by atoms with Crippen LogP contribution in [0.5, 0.6) is 0 Å². The number of halogens is 1. The molecule has 45 heavy (non-hydrogen) atoms. The summed E-state index contributed by atoms with van der Waals surface area (Å²) in [6, 6.07) is 8.71. The molecule has 4 aromatic rings. The minimum atomic E-state index is -0.326. The van der Waals surface area contributed by atoms with Crippen LogP contribution in [0.2, 0.25) is 0 Å². The Balaban J connectivity index is 0.00000226. The number of aromatic nitrogens is 4. The Bertz CT molecular complexity index is 1720. The maximum atomic E-state index is 14.6. The lowest BCUT2D eigenvalue weighted by Crippen LogP contribution is -2.10. The Hall–Kier alpha value is -4.78. The predicted octanol–water partition coefficient (Wildman–Crippen LogP) is 9.86. The number of nitrogens with zero attached hydrogens (tertiary/aromatic N) is 3. The minimum Gasteiger partial charge on any atom is -0.388 e. The van der Waals surface area contributed by atoms with Gasteiger partial charge < -0.3 is 15.6 Å². The van der Waals surface area contributed by atoms with Gasteiger partial charge in [0.1, 0.15) is 17.2 Å². The molecule has 1 aromatic carbocycles. The van der Waals surface area contributed by atoms with Crippen LogP contribution >= 0.6 is 0 Å². The van der Waals surface area contributed by atoms with Crippen LogP contribution in [0.4, 0.5) is 10.1 Å². The van der Waals surface area contributed by atoms with E-state index < -0.39 is 0 Å². The van der Waals surface area contributed by atoms with Crippen molar-refractivity contribution in [2.24, 2.45) is 5.92 Å². The number of benzene rings is 1. The fourth-order valence-electron chi connectivity index (χ4n) is 5.62. The zero-order chi connectivity index (χ0) is 32.3. The van der Waals surface area contributed by atoms with Crippen molar-refractivity contribution in [1.82, 2.24) is 25.3 Å². The molecule has 0 unspecified atom stereocenters. The SMILES string of the molecule is C=C(CC1CCCCC1)Nc1cncc(/C(C)=C/C=C(/NC)C(=C)C(=C)c2nc3c(-c4ccccc4F)cncc3[nH]2)c1.CC. The first kappa shape index (κ1) is 33.1. The highest BCUT2D eigenvalue weighted by molar-refractivity contribution is 5.93. The Morgan fingerprint density at radius 1 is 0.978 bits per heavy atom. The lowest BCUT2D eigenvalue weighted by atomic mass is 9.86. The molecular weight excluding hydrogens is 559 g/mol. The molecule has 1 saturated carbocycles. The van der Waals surface area contributed by atoms with Crippen molar-refractivity contribution < 1.29 is 4.39 Å². The van der Waals surface area contributed by atoms with Gasteiger partial charge in [-0.3, -0.25) is 9.97 Å². The fraction of sp³-hybridized carbons (Fsp3) is 0.289. The highest BCUT2D eigenvalue weighted by Gasteiger charge is 2.17. The molecule has 1 aliphatic carbocycles. The predicted molar refractivity (Wildman–Crippen MR) is 188 cm³/mol. The number of aromatic amines is 1. The van der Waals surface area contributed by atoms with Gasteiger partial charge in [0.25, 0.3) is 0 Å². The molecule has 1 aliphatic rings. The van der Waals surface area contributed by atoms with Gasteiger partial charge in [-0.05, 0) is 48.6 Å². The Labute approximate surface area is 267 Å². The van der Waals surface area contributed by atoms with Crippen molar-refractivity contribution in [2.45, 2.75) is 59.3 Å². The summed E-state index contributed by atoms with van der Waals surface area (Å²) in [5.41, 5.74) is 8.50. The Morgan fingerprint density at radius 3 is 2.44 bits per heavy atom. The first-order valence-electron chi connectivity index (χ1n) is 15.8. The minimum absolute atomic E-state index is 0.326. The zero-order valence-corrected chi connectivity index (χ0v) is 27.0. The summed E-state index contributed by atoms with van der Waals surface area (Å²) < 4.78 is 14.6. The van der Waals surface area contributed by atoms with Gasteiger partial charge in [0, 0.05) is 53.1 Å². The van der Waals surface area contributed by atoms with Gasteiger partial charge in [-0.2, -0.15) is 0 Å². The molecule has 234 valence electrons. The molecule has 0 amide bonds. The molecule has 0 saturated heterocycles. The second-order valence-electron chi connectivity index (χ2n) is 11.2. The van der Waals surface area contributed by atoms with Gasteiger partial charge in [-0.25, -0.2) is 9.37 Å². The van der Waals surface area contributed by atoms with Crippen molar-refractivity contribution in [3.05, 3.63) is 121 Å². The van der Waals surface area contributed by atoms with Gasteiger partial charge in [0.05, 0.1) is 23.6 Å². The first-order chi connectivity index (χ1) is 21.8. The van der Waals surface area contributed by atoms with Crippen LogP contribution in [0.25, 0.3) is 33.3 Å². The van der Waals surface area contributed by atoms with Crippen molar-refractivity contribution in [3.8, 4) is 11.1 Å². The summed E-state index contributed by atoms with van der Waals surface area (Å²) in [4.78, 5) is 16.8. The number of H-pyrrole nitrogens is 1. The third kappa shape index (κ3) is 8.24. The summed E-state index contributed by atoms with van der Waals surface area (Å²) in [6.07, 6.45) is 18.6. The molecule has 0 spiro atoms. The average Bonchev–Trinajstić information content (AvgIpc) is 3.51. The summed E-state index contributed by atoms with van der Waals surface area (Å²) >= 11 is 0. The van der Waals surface area contributed by atoms with E-state index in [9.17, 15) is 4.39 Å². The Kier molecular flexibility index (Phi) is 11.6. The normalized spacial score (nSPS) is 14.0. The average molecular weight is 605 g/mol. The third-order valence-corrected chi connectivity index (χ3v) is 8.08. The summed E-state index contributed by atoms with van der Waals surface area (Å²) in [5, 5.41) is 6.69. The van der Waals surface area contributed by atoms with Gasteiger partial charge in [-0.1, -0.05) is 90.0 Å². The molecule has 0 atom stereocenters. The number of nitrogens with one attached hydrogen (secondary N) is 3. The molecule has 5 rings (SSSR count). The molecule has 3 N–H and O–H groups in total. The number of allylic oxidation sites excluding steroid dienone is 5. The van der Waals surface area contributed by atoms with Crippen molar-refractivity contribution in [2.75, 3.05) is 12.4 Å². The number of rotatable bonds is 11. The van der Waals surface area contributed by atoms with E-state index in [1.807, 2.05) is 45.4 Å². The van der Waals surface area contributed by atoms with Crippen LogP contribution in [-0.2, 0) is 0 Å². The standard InChI is InChI=1S/C36H39FN6.C2H6/c1-23(28-18-29(20-39-19-28)41-24(2)17-27-11-7-6-8-12-27)15-16-33(38-5)25(3)26(4)36-42-34-22-40-21-31(35(34)43-36)30-13-9-10-14-32(30)37;1-2/h9-10,13-16,18-22,27,38,41H,2-4,6-8,11-12,17H2,1,5H3,(H,42,43);1-2H3/b23-15+,33-16+;. The highest BCUT2D eigenvalue weighted by atomic mass is 19.1. The van der Waals surface area contributed by atoms with E-state index in [4.69, 9.17) is 4.98 Å². The molecule has 3 aromatic heterocycles. The lowest BCUT2D eigenvalue weighted by molar-refractivity contribution is 0.357. The van der Waals surface area contributed by atoms with Gasteiger partial charge in [0.15, 0.2) is 0 Å². The monoisotopic (exact) mass is 604 g/mol. The molecule has 7 heteroatoms. The van der Waals surface area contributed by atoms with Crippen LogP contribution in [0.3, 0.4) is 0 Å².